The molecule has 8 nitrogen and oxygen atoms in total. The van der Waals surface area contributed by atoms with Crippen molar-refractivity contribution < 1.29 is 0 Å². The molecule has 0 spiro atoms. The van der Waals surface area contributed by atoms with Gasteiger partial charge in [0.15, 0.2) is 0 Å². The van der Waals surface area contributed by atoms with Gasteiger partial charge in [0.25, 0.3) is 5.56 Å². The van der Waals surface area contributed by atoms with Gasteiger partial charge in [-0.15, -0.1) is 10.2 Å². The molecule has 0 amide bonds. The molecule has 26 heavy (non-hydrogen) atoms. The number of fused-ring (bicyclic) bond motifs is 3. The number of H-pyrrole nitrogens is 1. The van der Waals surface area contributed by atoms with Gasteiger partial charge in [0.05, 0.1) is 17.4 Å². The van der Waals surface area contributed by atoms with Crippen molar-refractivity contribution in [2.75, 3.05) is 18.0 Å². The molecule has 0 atom stereocenters. The van der Waals surface area contributed by atoms with Gasteiger partial charge >= 0.3 is 0 Å². The molecule has 0 saturated carbocycles. The average Bonchev–Trinajstić information content (AvgIpc) is 3.38. The molecule has 0 unspecified atom stereocenters. The molecule has 5 rings (SSSR count). The molecule has 9 heteroatoms. The van der Waals surface area contributed by atoms with Crippen LogP contribution in [0.3, 0.4) is 0 Å². The quantitative estimate of drug-likeness (QED) is 0.556. The predicted octanol–water partition coefficient (Wildman–Crippen LogP) is 2.18. The lowest BCUT2D eigenvalue weighted by Crippen LogP contribution is -2.26. The molecule has 3 aromatic heterocycles. The summed E-state index contributed by atoms with van der Waals surface area (Å²) in [6.07, 6.45) is 5.71. The number of aromatic amines is 1. The van der Waals surface area contributed by atoms with Crippen molar-refractivity contribution >= 4 is 38.6 Å². The molecule has 0 bridgehead atoms. The zero-order chi connectivity index (χ0) is 17.7. The third kappa shape index (κ3) is 2.34. The Morgan fingerprint density at radius 3 is 2.81 bits per heavy atom. The Labute approximate surface area is 156 Å². The Bertz CT molecular complexity index is 1160. The first-order valence-corrected chi connectivity index (χ1v) is 9.32. The van der Waals surface area contributed by atoms with Crippen molar-refractivity contribution in [1.29, 1.82) is 0 Å². The van der Waals surface area contributed by atoms with Crippen LogP contribution < -0.4 is 10.5 Å². The molecule has 4 aromatic rings. The Kier molecular flexibility index (Phi) is 3.56. The normalized spacial score (nSPS) is 14.7. The van der Waals surface area contributed by atoms with Gasteiger partial charge in [0.2, 0.25) is 11.7 Å². The Hall–Kier alpha value is -2.68. The highest BCUT2D eigenvalue weighted by molar-refractivity contribution is 9.10. The number of halogens is 1. The van der Waals surface area contributed by atoms with E-state index in [0.717, 1.165) is 41.9 Å². The Morgan fingerprint density at radius 1 is 1.19 bits per heavy atom. The minimum Gasteiger partial charge on any atom is -0.347 e. The molecule has 1 aliphatic rings. The van der Waals surface area contributed by atoms with Gasteiger partial charge < -0.3 is 9.88 Å². The van der Waals surface area contributed by atoms with E-state index in [1.807, 2.05) is 22.6 Å². The largest absolute Gasteiger partial charge is 0.347 e. The van der Waals surface area contributed by atoms with Crippen molar-refractivity contribution in [3.8, 4) is 0 Å². The van der Waals surface area contributed by atoms with E-state index in [9.17, 15) is 4.79 Å². The lowest BCUT2D eigenvalue weighted by atomic mass is 10.2. The fraction of sp³-hybridized carbons (Fsp3) is 0.294. The van der Waals surface area contributed by atoms with Gasteiger partial charge in [-0.3, -0.25) is 9.36 Å². The molecule has 1 saturated heterocycles. The summed E-state index contributed by atoms with van der Waals surface area (Å²) >= 11 is 3.47. The van der Waals surface area contributed by atoms with E-state index >= 15 is 0 Å². The van der Waals surface area contributed by atoms with E-state index < -0.39 is 0 Å². The molecule has 132 valence electrons. The van der Waals surface area contributed by atoms with Crippen LogP contribution in [0.1, 0.15) is 18.7 Å². The summed E-state index contributed by atoms with van der Waals surface area (Å²) in [5.41, 5.74) is 0.710. The highest BCUT2D eigenvalue weighted by Gasteiger charge is 2.22. The number of imidazole rings is 1. The minimum absolute atomic E-state index is 0.106. The fourth-order valence-electron chi connectivity index (χ4n) is 3.57. The number of rotatable bonds is 3. The number of benzene rings is 1. The lowest BCUT2D eigenvalue weighted by Gasteiger charge is -2.16. The number of hydrogen-bond acceptors (Lipinski definition) is 5. The van der Waals surface area contributed by atoms with Crippen LogP contribution in [-0.2, 0) is 6.54 Å². The zero-order valence-electron chi connectivity index (χ0n) is 13.9. The summed E-state index contributed by atoms with van der Waals surface area (Å²) in [5.74, 6) is 2.02. The molecule has 4 heterocycles. The van der Waals surface area contributed by atoms with Gasteiger partial charge in [-0.05, 0) is 31.0 Å². The second-order valence-corrected chi connectivity index (χ2v) is 7.33. The summed E-state index contributed by atoms with van der Waals surface area (Å²) in [5, 5.41) is 9.40. The Balaban J connectivity index is 1.84. The maximum atomic E-state index is 13.2. The van der Waals surface area contributed by atoms with E-state index in [1.165, 1.54) is 0 Å². The van der Waals surface area contributed by atoms with Crippen LogP contribution in [0.4, 0.5) is 5.95 Å². The van der Waals surface area contributed by atoms with Gasteiger partial charge in [-0.25, -0.2) is 9.38 Å². The lowest BCUT2D eigenvalue weighted by molar-refractivity contribution is 0.731. The van der Waals surface area contributed by atoms with Crippen LogP contribution in [0.2, 0.25) is 0 Å². The van der Waals surface area contributed by atoms with Crippen LogP contribution in [0.25, 0.3) is 16.7 Å². The minimum atomic E-state index is -0.106. The molecule has 1 aromatic carbocycles. The summed E-state index contributed by atoms with van der Waals surface area (Å²) in [7, 11) is 0. The van der Waals surface area contributed by atoms with Gasteiger partial charge in [-0.1, -0.05) is 15.9 Å². The van der Waals surface area contributed by atoms with Crippen LogP contribution in [0.5, 0.6) is 0 Å². The van der Waals surface area contributed by atoms with E-state index in [2.05, 4.69) is 41.0 Å². The topological polar surface area (TPSA) is 84.1 Å². The van der Waals surface area contributed by atoms with Crippen LogP contribution in [0, 0.1) is 0 Å². The van der Waals surface area contributed by atoms with Gasteiger partial charge in [-0.2, -0.15) is 0 Å². The molecule has 1 fully saturated rings. The van der Waals surface area contributed by atoms with Gasteiger partial charge in [0.1, 0.15) is 5.82 Å². The summed E-state index contributed by atoms with van der Waals surface area (Å²) in [4.78, 5) is 22.7. The second kappa shape index (κ2) is 5.94. The number of nitrogens with zero attached hydrogens (tertiary/aromatic N) is 6. The molecular weight excluding hydrogens is 398 g/mol. The van der Waals surface area contributed by atoms with E-state index in [4.69, 9.17) is 0 Å². The second-order valence-electron chi connectivity index (χ2n) is 6.42. The van der Waals surface area contributed by atoms with Crippen molar-refractivity contribution in [3.05, 3.63) is 51.2 Å². The monoisotopic (exact) mass is 413 g/mol. The predicted molar refractivity (Wildman–Crippen MR) is 102 cm³/mol. The van der Waals surface area contributed by atoms with Crippen molar-refractivity contribution in [1.82, 2.24) is 29.1 Å². The molecule has 0 aliphatic carbocycles. The van der Waals surface area contributed by atoms with Gasteiger partial charge in [0, 0.05) is 30.0 Å². The van der Waals surface area contributed by atoms with E-state index in [-0.39, 0.29) is 5.56 Å². The SMILES string of the molecule is O=c1c2cc(Br)ccc2n2c(N3CCCC3)nnc2n1Cc1ncc[nH]1. The number of nitrogens with one attached hydrogen (secondary N) is 1. The fourth-order valence-corrected chi connectivity index (χ4v) is 3.93. The average molecular weight is 414 g/mol. The van der Waals surface area contributed by atoms with E-state index in [1.54, 1.807) is 17.0 Å². The molecular formula is C17H16BrN7O. The highest BCUT2D eigenvalue weighted by Crippen LogP contribution is 2.24. The maximum Gasteiger partial charge on any atom is 0.263 e. The van der Waals surface area contributed by atoms with Crippen molar-refractivity contribution in [2.24, 2.45) is 0 Å². The standard InChI is InChI=1S/C17H16BrN7O/c18-11-3-4-13-12(9-11)15(26)24(10-14-19-5-6-20-14)17-22-21-16(25(13)17)23-7-1-2-8-23/h3-6,9H,1-2,7-8,10H2,(H,19,20). The zero-order valence-corrected chi connectivity index (χ0v) is 15.5. The van der Waals surface area contributed by atoms with Crippen LogP contribution in [-0.4, -0.2) is 42.2 Å². The maximum absolute atomic E-state index is 13.2. The summed E-state index contributed by atoms with van der Waals surface area (Å²) < 4.78 is 4.47. The number of aromatic nitrogens is 6. The smallest absolute Gasteiger partial charge is 0.263 e. The Morgan fingerprint density at radius 2 is 2.04 bits per heavy atom. The first-order valence-electron chi connectivity index (χ1n) is 8.53. The summed E-state index contributed by atoms with van der Waals surface area (Å²) in [6.45, 7) is 2.22. The molecule has 1 N–H and O–H groups in total. The van der Waals surface area contributed by atoms with Crippen LogP contribution >= 0.6 is 15.9 Å². The van der Waals surface area contributed by atoms with Crippen molar-refractivity contribution in [2.45, 2.75) is 19.4 Å². The number of hydrogen-bond donors (Lipinski definition) is 1. The van der Waals surface area contributed by atoms with Crippen molar-refractivity contribution in [3.63, 3.8) is 0 Å². The highest BCUT2D eigenvalue weighted by atomic mass is 79.9. The molecule has 0 radical (unpaired) electrons. The van der Waals surface area contributed by atoms with Crippen LogP contribution in [0.15, 0.2) is 39.9 Å². The molecule has 1 aliphatic heterocycles. The number of anilines is 1. The first kappa shape index (κ1) is 15.6. The summed E-state index contributed by atoms with van der Waals surface area (Å²) in [6, 6.07) is 5.73. The first-order chi connectivity index (χ1) is 12.7. The third-order valence-electron chi connectivity index (χ3n) is 4.80. The third-order valence-corrected chi connectivity index (χ3v) is 5.29. The van der Waals surface area contributed by atoms with E-state index in [0.29, 0.717) is 23.5 Å².